The van der Waals surface area contributed by atoms with Gasteiger partial charge in [-0.25, -0.2) is 9.78 Å². The molecule has 1 aliphatic rings. The van der Waals surface area contributed by atoms with Gasteiger partial charge in [0.15, 0.2) is 0 Å². The molecule has 0 unspecified atom stereocenters. The molecule has 0 bridgehead atoms. The van der Waals surface area contributed by atoms with Gasteiger partial charge in [-0.2, -0.15) is 0 Å². The second kappa shape index (κ2) is 8.52. The van der Waals surface area contributed by atoms with E-state index in [2.05, 4.69) is 34.4 Å². The van der Waals surface area contributed by atoms with Gasteiger partial charge in [0.1, 0.15) is 5.82 Å². The Bertz CT molecular complexity index is 549. The molecule has 2 heterocycles. The summed E-state index contributed by atoms with van der Waals surface area (Å²) >= 11 is 0. The van der Waals surface area contributed by atoms with Crippen LogP contribution in [0.2, 0.25) is 0 Å². The minimum atomic E-state index is -0.136. The van der Waals surface area contributed by atoms with Gasteiger partial charge in [0.2, 0.25) is 5.91 Å². The van der Waals surface area contributed by atoms with Crippen molar-refractivity contribution in [2.24, 2.45) is 5.92 Å². The Kier molecular flexibility index (Phi) is 6.40. The first-order valence-electron chi connectivity index (χ1n) is 8.57. The zero-order chi connectivity index (χ0) is 17.5. The van der Waals surface area contributed by atoms with Crippen LogP contribution in [0.5, 0.6) is 0 Å². The van der Waals surface area contributed by atoms with E-state index in [0.717, 1.165) is 18.9 Å². The number of pyridine rings is 1. The molecule has 132 valence electrons. The van der Waals surface area contributed by atoms with Gasteiger partial charge in [0, 0.05) is 39.1 Å². The molecule has 0 saturated carbocycles. The highest BCUT2D eigenvalue weighted by molar-refractivity contribution is 5.89. The van der Waals surface area contributed by atoms with Crippen LogP contribution < -0.4 is 15.5 Å². The highest BCUT2D eigenvalue weighted by atomic mass is 16.2. The zero-order valence-electron chi connectivity index (χ0n) is 14.7. The second-order valence-corrected chi connectivity index (χ2v) is 5.88. The summed E-state index contributed by atoms with van der Waals surface area (Å²) in [6.45, 7) is 7.15. The van der Waals surface area contributed by atoms with Crippen molar-refractivity contribution in [2.45, 2.75) is 26.7 Å². The number of urea groups is 1. The number of nitrogens with zero attached hydrogens (tertiary/aromatic N) is 3. The molecular formula is C17H27N5O2. The Hall–Kier alpha value is -2.31. The number of hydrogen-bond donors (Lipinski definition) is 2. The van der Waals surface area contributed by atoms with Gasteiger partial charge in [-0.05, 0) is 38.8 Å². The zero-order valence-corrected chi connectivity index (χ0v) is 14.7. The molecular weight excluding hydrogens is 306 g/mol. The Labute approximate surface area is 143 Å². The monoisotopic (exact) mass is 333 g/mol. The van der Waals surface area contributed by atoms with E-state index in [9.17, 15) is 9.59 Å². The van der Waals surface area contributed by atoms with Gasteiger partial charge in [0.25, 0.3) is 0 Å². The number of rotatable bonds is 5. The molecule has 1 saturated heterocycles. The first kappa shape index (κ1) is 18.0. The number of carbonyl (C=O) groups excluding carboxylic acids is 2. The fourth-order valence-electron chi connectivity index (χ4n) is 2.95. The molecule has 7 heteroatoms. The lowest BCUT2D eigenvalue weighted by atomic mass is 9.96. The van der Waals surface area contributed by atoms with Crippen LogP contribution in [-0.4, -0.2) is 55.0 Å². The summed E-state index contributed by atoms with van der Waals surface area (Å²) < 4.78 is 0. The normalized spacial score (nSPS) is 15.0. The fraction of sp³-hybridized carbons (Fsp3) is 0.588. The Morgan fingerprint density at radius 3 is 2.42 bits per heavy atom. The van der Waals surface area contributed by atoms with Gasteiger partial charge in [-0.15, -0.1) is 0 Å². The van der Waals surface area contributed by atoms with E-state index in [1.165, 1.54) is 0 Å². The molecule has 3 amide bonds. The number of amides is 3. The number of nitrogens with one attached hydrogen (secondary N) is 2. The lowest BCUT2D eigenvalue weighted by Crippen LogP contribution is -2.44. The van der Waals surface area contributed by atoms with E-state index in [0.29, 0.717) is 31.6 Å². The van der Waals surface area contributed by atoms with E-state index in [1.807, 2.05) is 12.1 Å². The summed E-state index contributed by atoms with van der Waals surface area (Å²) in [5.74, 6) is 0.977. The van der Waals surface area contributed by atoms with Crippen molar-refractivity contribution >= 4 is 23.4 Å². The van der Waals surface area contributed by atoms with Crippen LogP contribution in [0.25, 0.3) is 0 Å². The van der Waals surface area contributed by atoms with Crippen molar-refractivity contribution < 1.29 is 9.59 Å². The molecule has 1 aliphatic heterocycles. The molecule has 1 aromatic rings. The van der Waals surface area contributed by atoms with E-state index in [4.69, 9.17) is 0 Å². The summed E-state index contributed by atoms with van der Waals surface area (Å²) in [4.78, 5) is 32.2. The van der Waals surface area contributed by atoms with E-state index in [-0.39, 0.29) is 17.9 Å². The van der Waals surface area contributed by atoms with Crippen molar-refractivity contribution in [2.75, 3.05) is 43.4 Å². The minimum Gasteiger partial charge on any atom is -0.359 e. The third-order valence-corrected chi connectivity index (χ3v) is 4.49. The maximum absolute atomic E-state index is 12.3. The first-order valence-corrected chi connectivity index (χ1v) is 8.57. The van der Waals surface area contributed by atoms with Crippen LogP contribution in [0.3, 0.4) is 0 Å². The van der Waals surface area contributed by atoms with Crippen LogP contribution in [0, 0.1) is 5.92 Å². The number of likely N-dealkylation sites (tertiary alicyclic amines) is 1. The van der Waals surface area contributed by atoms with Crippen molar-refractivity contribution in [1.29, 1.82) is 0 Å². The fourth-order valence-corrected chi connectivity index (χ4v) is 2.95. The van der Waals surface area contributed by atoms with Crippen LogP contribution in [0.15, 0.2) is 18.3 Å². The van der Waals surface area contributed by atoms with Crippen LogP contribution in [-0.2, 0) is 4.79 Å². The number of carbonyl (C=O) groups is 2. The summed E-state index contributed by atoms with van der Waals surface area (Å²) in [6.07, 6.45) is 3.08. The molecule has 1 aromatic heterocycles. The van der Waals surface area contributed by atoms with Gasteiger partial charge < -0.3 is 20.4 Å². The first-order chi connectivity index (χ1) is 11.6. The molecule has 2 rings (SSSR count). The highest BCUT2D eigenvalue weighted by Crippen LogP contribution is 2.19. The third-order valence-electron chi connectivity index (χ3n) is 4.49. The Morgan fingerprint density at radius 1 is 1.25 bits per heavy atom. The van der Waals surface area contributed by atoms with E-state index in [1.54, 1.807) is 18.1 Å². The minimum absolute atomic E-state index is 0.00840. The SMILES string of the molecule is CCN(CC)c1ccc(NC(=O)N2CCC(C(=O)NC)CC2)cn1. The maximum atomic E-state index is 12.3. The van der Waals surface area contributed by atoms with Crippen molar-refractivity contribution in [3.8, 4) is 0 Å². The molecule has 24 heavy (non-hydrogen) atoms. The number of piperidine rings is 1. The predicted molar refractivity (Wildman–Crippen MR) is 95.2 cm³/mol. The van der Waals surface area contributed by atoms with Crippen LogP contribution in [0.4, 0.5) is 16.3 Å². The number of aromatic nitrogens is 1. The van der Waals surface area contributed by atoms with E-state index >= 15 is 0 Å². The third kappa shape index (κ3) is 4.37. The molecule has 0 aliphatic carbocycles. The lowest BCUT2D eigenvalue weighted by Gasteiger charge is -2.31. The summed E-state index contributed by atoms with van der Waals surface area (Å²) in [5.41, 5.74) is 0.685. The number of anilines is 2. The number of hydrogen-bond acceptors (Lipinski definition) is 4. The smallest absolute Gasteiger partial charge is 0.321 e. The molecule has 0 radical (unpaired) electrons. The summed E-state index contributed by atoms with van der Waals surface area (Å²) in [5, 5.41) is 5.55. The molecule has 1 fully saturated rings. The molecule has 7 nitrogen and oxygen atoms in total. The summed E-state index contributed by atoms with van der Waals surface area (Å²) in [6, 6.07) is 3.65. The Balaban J connectivity index is 1.88. The van der Waals surface area contributed by atoms with Crippen molar-refractivity contribution in [3.05, 3.63) is 18.3 Å². The average molecular weight is 333 g/mol. The van der Waals surface area contributed by atoms with Crippen LogP contribution in [0.1, 0.15) is 26.7 Å². The van der Waals surface area contributed by atoms with Gasteiger partial charge >= 0.3 is 6.03 Å². The quantitative estimate of drug-likeness (QED) is 0.863. The van der Waals surface area contributed by atoms with Crippen LogP contribution >= 0.6 is 0 Å². The van der Waals surface area contributed by atoms with Gasteiger partial charge in [0.05, 0.1) is 11.9 Å². The molecule has 2 N–H and O–H groups in total. The standard InChI is InChI=1S/C17H27N5O2/c1-4-21(5-2)15-7-6-14(12-19-15)20-17(24)22-10-8-13(9-11-22)16(23)18-3/h6-7,12-13H,4-5,8-11H2,1-3H3,(H,18,23)(H,20,24). The Morgan fingerprint density at radius 2 is 1.92 bits per heavy atom. The van der Waals surface area contributed by atoms with Gasteiger partial charge in [-0.3, -0.25) is 4.79 Å². The second-order valence-electron chi connectivity index (χ2n) is 5.88. The highest BCUT2D eigenvalue weighted by Gasteiger charge is 2.26. The van der Waals surface area contributed by atoms with E-state index < -0.39 is 0 Å². The summed E-state index contributed by atoms with van der Waals surface area (Å²) in [7, 11) is 1.65. The molecule has 0 aromatic carbocycles. The largest absolute Gasteiger partial charge is 0.359 e. The van der Waals surface area contributed by atoms with Crippen molar-refractivity contribution in [1.82, 2.24) is 15.2 Å². The van der Waals surface area contributed by atoms with Gasteiger partial charge in [-0.1, -0.05) is 0 Å². The lowest BCUT2D eigenvalue weighted by molar-refractivity contribution is -0.125. The maximum Gasteiger partial charge on any atom is 0.321 e. The average Bonchev–Trinajstić information content (AvgIpc) is 2.63. The molecule has 0 spiro atoms. The molecule has 0 atom stereocenters. The topological polar surface area (TPSA) is 77.6 Å². The predicted octanol–water partition coefficient (Wildman–Crippen LogP) is 1.92. The van der Waals surface area contributed by atoms with Crippen molar-refractivity contribution in [3.63, 3.8) is 0 Å².